The van der Waals surface area contributed by atoms with E-state index in [-0.39, 0.29) is 16.6 Å². The van der Waals surface area contributed by atoms with Gasteiger partial charge in [0.05, 0.1) is 26.3 Å². The fraction of sp³-hybridized carbons (Fsp3) is 0.154. The van der Waals surface area contributed by atoms with E-state index in [1.54, 1.807) is 28.4 Å². The van der Waals surface area contributed by atoms with E-state index >= 15 is 0 Å². The van der Waals surface area contributed by atoms with E-state index in [0.717, 1.165) is 34.3 Å². The van der Waals surface area contributed by atoms with Crippen molar-refractivity contribution in [3.63, 3.8) is 0 Å². The summed E-state index contributed by atoms with van der Waals surface area (Å²) in [5.74, 6) is 0.119. The number of pyridine rings is 1. The predicted octanol–water partition coefficient (Wildman–Crippen LogP) is 4.55. The van der Waals surface area contributed by atoms with Gasteiger partial charge in [-0.1, -0.05) is 18.2 Å². The zero-order valence-electron chi connectivity index (χ0n) is 19.7. The number of amides is 1. The van der Waals surface area contributed by atoms with E-state index < -0.39 is 15.9 Å². The minimum atomic E-state index is -3.65. The van der Waals surface area contributed by atoms with Crippen molar-refractivity contribution in [3.05, 3.63) is 83.6 Å². The molecule has 11 heteroatoms. The molecule has 1 aliphatic rings. The molecule has 0 spiro atoms. The Morgan fingerprint density at radius 2 is 1.89 bits per heavy atom. The molecule has 1 aliphatic carbocycles. The molecule has 2 aromatic carbocycles. The number of hydrogen-bond donors (Lipinski definition) is 2. The number of nitrogens with zero attached hydrogens (tertiary/aromatic N) is 4. The molecule has 37 heavy (non-hydrogen) atoms. The van der Waals surface area contributed by atoms with Gasteiger partial charge in [-0.2, -0.15) is 5.10 Å². The Morgan fingerprint density at radius 1 is 1.05 bits per heavy atom. The summed E-state index contributed by atoms with van der Waals surface area (Å²) in [6.45, 7) is 1.89. The Hall–Kier alpha value is -3.93. The van der Waals surface area contributed by atoms with Crippen LogP contribution in [-0.2, 0) is 10.0 Å². The second kappa shape index (κ2) is 9.18. The third kappa shape index (κ3) is 4.88. The summed E-state index contributed by atoms with van der Waals surface area (Å²) >= 11 is 1.54. The number of aryl methyl sites for hydroxylation is 1. The molecule has 0 unspecified atom stereocenters. The number of thiazole rings is 1. The molecule has 5 aromatic rings. The highest BCUT2D eigenvalue weighted by atomic mass is 32.2. The van der Waals surface area contributed by atoms with Gasteiger partial charge in [-0.05, 0) is 68.3 Å². The summed E-state index contributed by atoms with van der Waals surface area (Å²) in [7, 11) is -3.65. The van der Waals surface area contributed by atoms with Crippen LogP contribution in [0.1, 0.15) is 29.0 Å². The van der Waals surface area contributed by atoms with Crippen molar-refractivity contribution in [2.75, 3.05) is 5.32 Å². The Bertz CT molecular complexity index is 1760. The number of carbonyl (C=O) groups is 1. The third-order valence-corrected chi connectivity index (χ3v) is 8.27. The Balaban J connectivity index is 1.35. The lowest BCUT2D eigenvalue weighted by Gasteiger charge is -2.08. The SMILES string of the molecule is Cc1cccc(-n2nc(C(=O)Nc3cccc(S(=O)(=O)NC4CC4)c3)cc2-c2ccc3ncsc3c2)n1. The fourth-order valence-corrected chi connectivity index (χ4v) is 6.02. The molecule has 6 rings (SSSR count). The fourth-order valence-electron chi connectivity index (χ4n) is 3.96. The van der Waals surface area contributed by atoms with E-state index in [0.29, 0.717) is 17.2 Å². The number of rotatable bonds is 7. The number of nitrogens with one attached hydrogen (secondary N) is 2. The number of fused-ring (bicyclic) bond motifs is 1. The molecule has 1 fully saturated rings. The molecule has 9 nitrogen and oxygen atoms in total. The highest BCUT2D eigenvalue weighted by molar-refractivity contribution is 7.89. The van der Waals surface area contributed by atoms with Gasteiger partial charge >= 0.3 is 0 Å². The largest absolute Gasteiger partial charge is 0.321 e. The maximum Gasteiger partial charge on any atom is 0.276 e. The van der Waals surface area contributed by atoms with Gasteiger partial charge in [0.25, 0.3) is 5.91 Å². The van der Waals surface area contributed by atoms with Gasteiger partial charge in [-0.3, -0.25) is 4.79 Å². The van der Waals surface area contributed by atoms with Crippen LogP contribution in [0.3, 0.4) is 0 Å². The summed E-state index contributed by atoms with van der Waals surface area (Å²) in [5.41, 5.74) is 5.61. The van der Waals surface area contributed by atoms with Crippen molar-refractivity contribution < 1.29 is 13.2 Å². The minimum absolute atomic E-state index is 0.00922. The van der Waals surface area contributed by atoms with Gasteiger partial charge in [-0.25, -0.2) is 27.8 Å². The number of benzene rings is 2. The summed E-state index contributed by atoms with van der Waals surface area (Å²) in [6.07, 6.45) is 1.68. The van der Waals surface area contributed by atoms with Crippen LogP contribution in [0.2, 0.25) is 0 Å². The number of aromatic nitrogens is 4. The summed E-state index contributed by atoms with van der Waals surface area (Å²) in [5, 5.41) is 7.36. The number of hydrogen-bond acceptors (Lipinski definition) is 7. The lowest BCUT2D eigenvalue weighted by atomic mass is 10.1. The number of sulfonamides is 1. The normalized spacial score (nSPS) is 13.6. The first-order valence-electron chi connectivity index (χ1n) is 11.7. The smallest absolute Gasteiger partial charge is 0.276 e. The monoisotopic (exact) mass is 530 g/mol. The van der Waals surface area contributed by atoms with Gasteiger partial charge in [0.2, 0.25) is 10.0 Å². The van der Waals surface area contributed by atoms with E-state index in [4.69, 9.17) is 0 Å². The van der Waals surface area contributed by atoms with E-state index in [9.17, 15) is 13.2 Å². The second-order valence-corrected chi connectivity index (χ2v) is 11.5. The third-order valence-electron chi connectivity index (χ3n) is 5.96. The quantitative estimate of drug-likeness (QED) is 0.319. The first-order valence-corrected chi connectivity index (χ1v) is 14.0. The number of anilines is 1. The molecule has 0 bridgehead atoms. The van der Waals surface area contributed by atoms with Crippen LogP contribution in [-0.4, -0.2) is 40.1 Å². The molecular formula is C26H22N6O3S2. The topological polar surface area (TPSA) is 119 Å². The number of carbonyl (C=O) groups excluding carboxylic acids is 1. The van der Waals surface area contributed by atoms with E-state index in [1.165, 1.54) is 23.5 Å². The Labute approximate surface area is 217 Å². The molecule has 1 saturated carbocycles. The molecule has 3 aromatic heterocycles. The Kier molecular flexibility index (Phi) is 5.82. The van der Waals surface area contributed by atoms with Crippen LogP contribution < -0.4 is 10.0 Å². The standard InChI is InChI=1S/C26H22N6O3S2/c1-16-4-2-7-25(28-16)32-23(17-8-11-21-24(12-17)36-15-27-21)14-22(30-32)26(33)29-19-5-3-6-20(13-19)37(34,35)31-18-9-10-18/h2-8,11-15,18,31H,9-10H2,1H3,(H,29,33). The molecule has 0 saturated heterocycles. The highest BCUT2D eigenvalue weighted by Crippen LogP contribution is 2.29. The predicted molar refractivity (Wildman–Crippen MR) is 142 cm³/mol. The van der Waals surface area contributed by atoms with Crippen molar-refractivity contribution in [3.8, 4) is 17.1 Å². The first kappa shape index (κ1) is 23.5. The van der Waals surface area contributed by atoms with Gasteiger partial charge in [0, 0.05) is 23.0 Å². The zero-order valence-corrected chi connectivity index (χ0v) is 21.4. The molecule has 2 N–H and O–H groups in total. The van der Waals surface area contributed by atoms with Crippen molar-refractivity contribution in [1.82, 2.24) is 24.5 Å². The molecular weight excluding hydrogens is 508 g/mol. The van der Waals surface area contributed by atoms with Gasteiger partial charge in [-0.15, -0.1) is 11.3 Å². The van der Waals surface area contributed by atoms with Crippen LogP contribution in [0.25, 0.3) is 27.3 Å². The van der Waals surface area contributed by atoms with Crippen LogP contribution in [0.15, 0.2) is 77.1 Å². The van der Waals surface area contributed by atoms with E-state index in [2.05, 4.69) is 25.1 Å². The summed E-state index contributed by atoms with van der Waals surface area (Å²) in [4.78, 5) is 22.3. The van der Waals surface area contributed by atoms with Crippen molar-refractivity contribution >= 4 is 43.2 Å². The van der Waals surface area contributed by atoms with Crippen molar-refractivity contribution in [2.24, 2.45) is 0 Å². The minimum Gasteiger partial charge on any atom is -0.321 e. The van der Waals surface area contributed by atoms with Crippen LogP contribution in [0, 0.1) is 6.92 Å². The molecule has 0 aliphatic heterocycles. The van der Waals surface area contributed by atoms with Gasteiger partial charge in [0.15, 0.2) is 11.5 Å². The van der Waals surface area contributed by atoms with Gasteiger partial charge in [0.1, 0.15) is 0 Å². The molecule has 0 atom stereocenters. The van der Waals surface area contributed by atoms with Crippen LogP contribution in [0.4, 0.5) is 5.69 Å². The lowest BCUT2D eigenvalue weighted by Crippen LogP contribution is -2.25. The highest BCUT2D eigenvalue weighted by Gasteiger charge is 2.28. The zero-order chi connectivity index (χ0) is 25.6. The molecule has 1 amide bonds. The van der Waals surface area contributed by atoms with E-state index in [1.807, 2.05) is 43.3 Å². The average molecular weight is 531 g/mol. The average Bonchev–Trinajstić information content (AvgIpc) is 3.38. The maximum atomic E-state index is 13.2. The summed E-state index contributed by atoms with van der Waals surface area (Å²) < 4.78 is 30.5. The molecule has 186 valence electrons. The first-order chi connectivity index (χ1) is 17.9. The Morgan fingerprint density at radius 3 is 2.70 bits per heavy atom. The van der Waals surface area contributed by atoms with Crippen LogP contribution in [0.5, 0.6) is 0 Å². The maximum absolute atomic E-state index is 13.2. The van der Waals surface area contributed by atoms with Gasteiger partial charge < -0.3 is 5.32 Å². The van der Waals surface area contributed by atoms with Crippen molar-refractivity contribution in [1.29, 1.82) is 0 Å². The lowest BCUT2D eigenvalue weighted by molar-refractivity contribution is 0.102. The van der Waals surface area contributed by atoms with Crippen molar-refractivity contribution in [2.45, 2.75) is 30.7 Å². The van der Waals surface area contributed by atoms with Crippen LogP contribution >= 0.6 is 11.3 Å². The second-order valence-electron chi connectivity index (χ2n) is 8.88. The summed E-state index contributed by atoms with van der Waals surface area (Å²) in [6, 6.07) is 19.4. The molecule has 3 heterocycles. The molecule has 0 radical (unpaired) electrons.